The summed E-state index contributed by atoms with van der Waals surface area (Å²) < 4.78 is 5.35. The van der Waals surface area contributed by atoms with Crippen molar-refractivity contribution in [3.05, 3.63) is 30.0 Å². The first-order valence-corrected chi connectivity index (χ1v) is 9.19. The van der Waals surface area contributed by atoms with E-state index in [0.717, 1.165) is 29.5 Å². The van der Waals surface area contributed by atoms with Gasteiger partial charge in [-0.05, 0) is 36.6 Å². The number of benzene rings is 1. The maximum absolute atomic E-state index is 12.2. The average molecular weight is 343 g/mol. The maximum Gasteiger partial charge on any atom is 0.315 e. The van der Waals surface area contributed by atoms with Gasteiger partial charge in [0.1, 0.15) is 5.75 Å². The lowest BCUT2D eigenvalue weighted by Gasteiger charge is -2.27. The zero-order valence-corrected chi connectivity index (χ0v) is 15.4. The molecule has 1 fully saturated rings. The first kappa shape index (κ1) is 17.6. The molecular formula is C20H29N3O2. The molecule has 0 atom stereocenters. The van der Waals surface area contributed by atoms with Gasteiger partial charge < -0.3 is 20.4 Å². The molecule has 0 unspecified atom stereocenters. The molecule has 5 heteroatoms. The van der Waals surface area contributed by atoms with E-state index in [0.29, 0.717) is 12.6 Å². The topological polar surface area (TPSA) is 66.1 Å². The van der Waals surface area contributed by atoms with Crippen molar-refractivity contribution in [2.24, 2.45) is 0 Å². The molecule has 0 spiro atoms. The van der Waals surface area contributed by atoms with Gasteiger partial charge in [0.25, 0.3) is 0 Å². The highest BCUT2D eigenvalue weighted by Gasteiger charge is 2.25. The van der Waals surface area contributed by atoms with Crippen LogP contribution in [-0.4, -0.2) is 30.7 Å². The zero-order valence-electron chi connectivity index (χ0n) is 15.4. The summed E-state index contributed by atoms with van der Waals surface area (Å²) in [6.07, 6.45) is 7.95. The third kappa shape index (κ3) is 4.09. The smallest absolute Gasteiger partial charge is 0.315 e. The Morgan fingerprint density at radius 2 is 2.04 bits per heavy atom. The number of hydrogen-bond acceptors (Lipinski definition) is 2. The lowest BCUT2D eigenvalue weighted by atomic mass is 9.84. The van der Waals surface area contributed by atoms with Crippen molar-refractivity contribution in [3.63, 3.8) is 0 Å². The number of amides is 2. The molecule has 1 heterocycles. The number of nitrogens with one attached hydrogen (secondary N) is 3. The molecule has 1 aromatic carbocycles. The highest BCUT2D eigenvalue weighted by molar-refractivity contribution is 5.86. The number of aromatic nitrogens is 1. The molecule has 25 heavy (non-hydrogen) atoms. The molecule has 1 aromatic heterocycles. The number of carbonyl (C=O) groups excluding carboxylic acids is 1. The van der Waals surface area contributed by atoms with Gasteiger partial charge in [0, 0.05) is 35.1 Å². The molecule has 1 saturated carbocycles. The van der Waals surface area contributed by atoms with E-state index in [1.54, 1.807) is 7.11 Å². The highest BCUT2D eigenvalue weighted by atomic mass is 16.5. The van der Waals surface area contributed by atoms with Gasteiger partial charge >= 0.3 is 6.03 Å². The molecule has 0 radical (unpaired) electrons. The number of rotatable bonds is 5. The van der Waals surface area contributed by atoms with Crippen LogP contribution >= 0.6 is 0 Å². The van der Waals surface area contributed by atoms with Gasteiger partial charge in [-0.2, -0.15) is 0 Å². The van der Waals surface area contributed by atoms with E-state index >= 15 is 0 Å². The third-order valence-corrected chi connectivity index (χ3v) is 5.25. The lowest BCUT2D eigenvalue weighted by Crippen LogP contribution is -2.46. The van der Waals surface area contributed by atoms with Crippen LogP contribution in [0.3, 0.4) is 0 Å². The number of fused-ring (bicyclic) bond motifs is 1. The second-order valence-corrected chi connectivity index (χ2v) is 7.66. The summed E-state index contributed by atoms with van der Waals surface area (Å²) in [6, 6.07) is 6.29. The van der Waals surface area contributed by atoms with Gasteiger partial charge in [-0.25, -0.2) is 4.79 Å². The third-order valence-electron chi connectivity index (χ3n) is 5.25. The SMILES string of the molecule is COc1ccc2[nH]cc(C(C)(C)CNC(=O)NC3CCCCC3)c2c1. The predicted octanol–water partition coefficient (Wildman–Crippen LogP) is 4.09. The largest absolute Gasteiger partial charge is 0.497 e. The standard InChI is InChI=1S/C20H29N3O2/c1-20(2,13-22-19(24)23-14-7-5-4-6-8-14)17-12-21-18-10-9-15(25-3)11-16(17)18/h9-12,14,21H,4-8,13H2,1-3H3,(H2,22,23,24). The number of methoxy groups -OCH3 is 1. The van der Waals surface area contributed by atoms with Gasteiger partial charge in [-0.1, -0.05) is 33.1 Å². The number of aromatic amines is 1. The van der Waals surface area contributed by atoms with Crippen LogP contribution in [0.1, 0.15) is 51.5 Å². The molecule has 0 aliphatic heterocycles. The molecule has 5 nitrogen and oxygen atoms in total. The molecule has 0 bridgehead atoms. The monoisotopic (exact) mass is 343 g/mol. The zero-order chi connectivity index (χ0) is 17.9. The van der Waals surface area contributed by atoms with Crippen molar-refractivity contribution in [2.75, 3.05) is 13.7 Å². The van der Waals surface area contributed by atoms with Gasteiger partial charge in [0.05, 0.1) is 7.11 Å². The minimum absolute atomic E-state index is 0.0580. The molecule has 3 N–H and O–H groups in total. The average Bonchev–Trinajstić information content (AvgIpc) is 3.05. The summed E-state index contributed by atoms with van der Waals surface area (Å²) in [5.74, 6) is 0.840. The normalized spacial score (nSPS) is 16.0. The molecule has 1 aliphatic rings. The van der Waals surface area contributed by atoms with Crippen molar-refractivity contribution in [1.82, 2.24) is 15.6 Å². The number of urea groups is 1. The summed E-state index contributed by atoms with van der Waals surface area (Å²) in [4.78, 5) is 15.6. The first-order chi connectivity index (χ1) is 12.0. The van der Waals surface area contributed by atoms with Crippen LogP contribution in [0, 0.1) is 0 Å². The van der Waals surface area contributed by atoms with Crippen LogP contribution in [-0.2, 0) is 5.41 Å². The predicted molar refractivity (Wildman–Crippen MR) is 101 cm³/mol. The summed E-state index contributed by atoms with van der Waals surface area (Å²) in [7, 11) is 1.68. The summed E-state index contributed by atoms with van der Waals surface area (Å²) in [5, 5.41) is 7.31. The Hall–Kier alpha value is -2.17. The van der Waals surface area contributed by atoms with Crippen molar-refractivity contribution in [2.45, 2.75) is 57.4 Å². The molecule has 1 aliphatic carbocycles. The van der Waals surface area contributed by atoms with Gasteiger partial charge in [-0.3, -0.25) is 0 Å². The minimum Gasteiger partial charge on any atom is -0.497 e. The van der Waals surface area contributed by atoms with Crippen molar-refractivity contribution >= 4 is 16.9 Å². The summed E-state index contributed by atoms with van der Waals surface area (Å²) in [5.41, 5.74) is 2.07. The van der Waals surface area contributed by atoms with E-state index in [2.05, 4.69) is 29.5 Å². The van der Waals surface area contributed by atoms with Crippen LogP contribution in [0.5, 0.6) is 5.75 Å². The second-order valence-electron chi connectivity index (χ2n) is 7.66. The molecule has 3 rings (SSSR count). The summed E-state index contributed by atoms with van der Waals surface area (Å²) >= 11 is 0. The van der Waals surface area contributed by atoms with Crippen LogP contribution in [0.25, 0.3) is 10.9 Å². The Bertz CT molecular complexity index is 730. The van der Waals surface area contributed by atoms with Gasteiger partial charge in [0.15, 0.2) is 0 Å². The van der Waals surface area contributed by atoms with Crippen LogP contribution in [0.15, 0.2) is 24.4 Å². The van der Waals surface area contributed by atoms with Crippen LogP contribution < -0.4 is 15.4 Å². The summed E-state index contributed by atoms with van der Waals surface area (Å²) in [6.45, 7) is 4.88. The molecule has 0 saturated heterocycles. The Labute approximate surface area is 149 Å². The van der Waals surface area contributed by atoms with Crippen LogP contribution in [0.2, 0.25) is 0 Å². The van der Waals surface area contributed by atoms with Crippen molar-refractivity contribution in [1.29, 1.82) is 0 Å². The fourth-order valence-corrected chi connectivity index (χ4v) is 3.67. The van der Waals surface area contributed by atoms with Crippen molar-refractivity contribution in [3.8, 4) is 5.75 Å². The van der Waals surface area contributed by atoms with Crippen molar-refractivity contribution < 1.29 is 9.53 Å². The molecule has 2 amide bonds. The van der Waals surface area contributed by atoms with E-state index in [1.165, 1.54) is 24.8 Å². The first-order valence-electron chi connectivity index (χ1n) is 9.19. The van der Waals surface area contributed by atoms with E-state index < -0.39 is 0 Å². The Kier molecular flexibility index (Phi) is 5.21. The fourth-order valence-electron chi connectivity index (χ4n) is 3.67. The number of hydrogen-bond donors (Lipinski definition) is 3. The number of ether oxygens (including phenoxy) is 1. The molecule has 136 valence electrons. The van der Waals surface area contributed by atoms with E-state index in [4.69, 9.17) is 4.74 Å². The van der Waals surface area contributed by atoms with Crippen LogP contribution in [0.4, 0.5) is 4.79 Å². The molecular weight excluding hydrogens is 314 g/mol. The Morgan fingerprint density at radius 1 is 1.28 bits per heavy atom. The molecule has 2 aromatic rings. The Morgan fingerprint density at radius 3 is 2.76 bits per heavy atom. The van der Waals surface area contributed by atoms with E-state index in [9.17, 15) is 4.79 Å². The lowest BCUT2D eigenvalue weighted by molar-refractivity contribution is 0.230. The van der Waals surface area contributed by atoms with Gasteiger partial charge in [-0.15, -0.1) is 0 Å². The van der Waals surface area contributed by atoms with Gasteiger partial charge in [0.2, 0.25) is 0 Å². The Balaban J connectivity index is 1.66. The second kappa shape index (κ2) is 7.38. The fraction of sp³-hybridized carbons (Fsp3) is 0.550. The highest BCUT2D eigenvalue weighted by Crippen LogP contribution is 2.32. The quantitative estimate of drug-likeness (QED) is 0.765. The number of H-pyrrole nitrogens is 1. The minimum atomic E-state index is -0.186. The van der Waals surface area contributed by atoms with E-state index in [-0.39, 0.29) is 11.4 Å². The number of carbonyl (C=O) groups is 1. The van der Waals surface area contributed by atoms with E-state index in [1.807, 2.05) is 24.4 Å². The maximum atomic E-state index is 12.2.